The summed E-state index contributed by atoms with van der Waals surface area (Å²) in [6.07, 6.45) is 6.23. The number of rotatable bonds is 1. The first-order chi connectivity index (χ1) is 4.72. The van der Waals surface area contributed by atoms with Crippen molar-refractivity contribution in [1.29, 1.82) is 0 Å². The maximum atomic E-state index is 10.8. The van der Waals surface area contributed by atoms with E-state index in [4.69, 9.17) is 0 Å². The van der Waals surface area contributed by atoms with E-state index < -0.39 is 6.10 Å². The predicted octanol–water partition coefficient (Wildman–Crippen LogP) is 0.678. The zero-order valence-electron chi connectivity index (χ0n) is 5.82. The lowest BCUT2D eigenvalue weighted by Crippen LogP contribution is -2.24. The second kappa shape index (κ2) is 2.80. The van der Waals surface area contributed by atoms with Crippen molar-refractivity contribution in [3.63, 3.8) is 0 Å². The number of carbonyl (C=O) groups excluding carboxylic acids is 1. The highest BCUT2D eigenvalue weighted by molar-refractivity contribution is 5.81. The van der Waals surface area contributed by atoms with Crippen molar-refractivity contribution in [1.82, 2.24) is 0 Å². The summed E-state index contributed by atoms with van der Waals surface area (Å²) in [7, 11) is 0. The Morgan fingerprint density at radius 3 is 2.40 bits per heavy atom. The van der Waals surface area contributed by atoms with E-state index in [1.807, 2.05) is 0 Å². The molecule has 1 N–H and O–H groups in total. The van der Waals surface area contributed by atoms with Crippen LogP contribution in [-0.2, 0) is 4.79 Å². The maximum absolute atomic E-state index is 10.8. The number of aliphatic hydroxyl groups excluding tert-OH is 1. The molecule has 0 aromatic rings. The lowest BCUT2D eigenvalue weighted by Gasteiger charge is -2.15. The van der Waals surface area contributed by atoms with Gasteiger partial charge >= 0.3 is 0 Å². The second-order valence-corrected chi connectivity index (χ2v) is 2.40. The minimum Gasteiger partial charge on any atom is -0.388 e. The summed E-state index contributed by atoms with van der Waals surface area (Å²) in [6.45, 7) is 1.48. The molecule has 1 aliphatic carbocycles. The fourth-order valence-corrected chi connectivity index (χ4v) is 0.971. The first-order valence-electron chi connectivity index (χ1n) is 3.25. The largest absolute Gasteiger partial charge is 0.388 e. The van der Waals surface area contributed by atoms with Crippen LogP contribution in [0.15, 0.2) is 24.3 Å². The molecule has 0 fully saturated rings. The van der Waals surface area contributed by atoms with Gasteiger partial charge in [-0.05, 0) is 6.92 Å². The molecule has 0 spiro atoms. The van der Waals surface area contributed by atoms with Crippen LogP contribution >= 0.6 is 0 Å². The predicted molar refractivity (Wildman–Crippen MR) is 38.5 cm³/mol. The number of hydrogen-bond acceptors (Lipinski definition) is 2. The van der Waals surface area contributed by atoms with Crippen LogP contribution < -0.4 is 0 Å². The third-order valence-electron chi connectivity index (χ3n) is 1.58. The molecule has 0 saturated carbocycles. The smallest absolute Gasteiger partial charge is 0.139 e. The lowest BCUT2D eigenvalue weighted by molar-refractivity contribution is -0.121. The van der Waals surface area contributed by atoms with Gasteiger partial charge in [-0.2, -0.15) is 0 Å². The van der Waals surface area contributed by atoms with Crippen molar-refractivity contribution in [2.45, 2.75) is 13.0 Å². The van der Waals surface area contributed by atoms with E-state index in [2.05, 4.69) is 0 Å². The number of Topliss-reactive ketones (excluding diaryl/α,β-unsaturated/α-hetero) is 1. The Hall–Kier alpha value is -0.890. The molecule has 10 heavy (non-hydrogen) atoms. The molecule has 54 valence electrons. The number of allylic oxidation sites excluding steroid dienone is 2. The van der Waals surface area contributed by atoms with Crippen LogP contribution in [0.5, 0.6) is 0 Å². The van der Waals surface area contributed by atoms with Gasteiger partial charge in [0.25, 0.3) is 0 Å². The van der Waals surface area contributed by atoms with Gasteiger partial charge in [0.2, 0.25) is 0 Å². The second-order valence-electron chi connectivity index (χ2n) is 2.40. The van der Waals surface area contributed by atoms with Crippen molar-refractivity contribution in [2.24, 2.45) is 5.92 Å². The highest BCUT2D eigenvalue weighted by Crippen LogP contribution is 2.12. The monoisotopic (exact) mass is 138 g/mol. The SMILES string of the molecule is CC(=O)C1C=CC=CC1O. The molecule has 0 aromatic carbocycles. The molecular weight excluding hydrogens is 128 g/mol. The van der Waals surface area contributed by atoms with Gasteiger partial charge in [0, 0.05) is 0 Å². The Morgan fingerprint density at radius 2 is 2.00 bits per heavy atom. The fourth-order valence-electron chi connectivity index (χ4n) is 0.971. The Labute approximate surface area is 59.9 Å². The fraction of sp³-hybridized carbons (Fsp3) is 0.375. The van der Waals surface area contributed by atoms with Crippen LogP contribution in [0.4, 0.5) is 0 Å². The molecule has 2 heteroatoms. The Morgan fingerprint density at radius 1 is 1.40 bits per heavy atom. The van der Waals surface area contributed by atoms with Crippen molar-refractivity contribution >= 4 is 5.78 Å². The van der Waals surface area contributed by atoms with Gasteiger partial charge in [-0.15, -0.1) is 0 Å². The third kappa shape index (κ3) is 1.33. The summed E-state index contributed by atoms with van der Waals surface area (Å²) in [5.74, 6) is -0.321. The van der Waals surface area contributed by atoms with Crippen molar-refractivity contribution in [2.75, 3.05) is 0 Å². The molecule has 0 aliphatic heterocycles. The molecule has 0 heterocycles. The minimum absolute atomic E-state index is 0.00750. The number of carbonyl (C=O) groups is 1. The van der Waals surface area contributed by atoms with Crippen LogP contribution in [0.3, 0.4) is 0 Å². The van der Waals surface area contributed by atoms with Crippen LogP contribution in [0.2, 0.25) is 0 Å². The average Bonchev–Trinajstić information content (AvgIpc) is 1.88. The van der Waals surface area contributed by atoms with Gasteiger partial charge in [0.15, 0.2) is 0 Å². The van der Waals surface area contributed by atoms with E-state index >= 15 is 0 Å². The van der Waals surface area contributed by atoms with Crippen molar-refractivity contribution in [3.05, 3.63) is 24.3 Å². The topological polar surface area (TPSA) is 37.3 Å². The highest BCUT2D eigenvalue weighted by atomic mass is 16.3. The number of aliphatic hydroxyl groups is 1. The molecule has 0 aromatic heterocycles. The molecule has 0 radical (unpaired) electrons. The van der Waals surface area contributed by atoms with E-state index in [1.54, 1.807) is 24.3 Å². The van der Waals surface area contributed by atoms with Gasteiger partial charge in [-0.3, -0.25) is 4.79 Å². The van der Waals surface area contributed by atoms with Crippen molar-refractivity contribution in [3.8, 4) is 0 Å². The van der Waals surface area contributed by atoms with Gasteiger partial charge in [0.05, 0.1) is 12.0 Å². The standard InChI is InChI=1S/C8H10O2/c1-6(9)7-4-2-3-5-8(7)10/h2-5,7-8,10H,1H3. The summed E-state index contributed by atoms with van der Waals surface area (Å²) >= 11 is 0. The summed E-state index contributed by atoms with van der Waals surface area (Å²) in [4.78, 5) is 10.8. The minimum atomic E-state index is -0.623. The average molecular weight is 138 g/mol. The zero-order chi connectivity index (χ0) is 7.56. The quantitative estimate of drug-likeness (QED) is 0.578. The van der Waals surface area contributed by atoms with Gasteiger partial charge < -0.3 is 5.11 Å². The zero-order valence-corrected chi connectivity index (χ0v) is 5.82. The van der Waals surface area contributed by atoms with E-state index in [-0.39, 0.29) is 11.7 Å². The number of hydrogen-bond donors (Lipinski definition) is 1. The van der Waals surface area contributed by atoms with Gasteiger partial charge in [-0.1, -0.05) is 24.3 Å². The third-order valence-corrected chi connectivity index (χ3v) is 1.58. The highest BCUT2D eigenvalue weighted by Gasteiger charge is 2.19. The van der Waals surface area contributed by atoms with Crippen LogP contribution in [0.25, 0.3) is 0 Å². The van der Waals surface area contributed by atoms with Gasteiger partial charge in [-0.25, -0.2) is 0 Å². The number of ketones is 1. The molecule has 2 atom stereocenters. The first kappa shape index (κ1) is 7.22. The summed E-state index contributed by atoms with van der Waals surface area (Å²) in [5, 5.41) is 9.18. The summed E-state index contributed by atoms with van der Waals surface area (Å²) < 4.78 is 0. The molecule has 0 bridgehead atoms. The van der Waals surface area contributed by atoms with Crippen LogP contribution in [0, 0.1) is 5.92 Å². The normalized spacial score (nSPS) is 30.6. The Balaban J connectivity index is 2.70. The summed E-state index contributed by atoms with van der Waals surface area (Å²) in [5.41, 5.74) is 0. The van der Waals surface area contributed by atoms with E-state index in [0.717, 1.165) is 0 Å². The molecule has 1 aliphatic rings. The van der Waals surface area contributed by atoms with Crippen molar-refractivity contribution < 1.29 is 9.90 Å². The van der Waals surface area contributed by atoms with E-state index in [1.165, 1.54) is 6.92 Å². The van der Waals surface area contributed by atoms with Crippen LogP contribution in [0.1, 0.15) is 6.92 Å². The maximum Gasteiger partial charge on any atom is 0.139 e. The molecule has 1 rings (SSSR count). The van der Waals surface area contributed by atoms with Crippen LogP contribution in [-0.4, -0.2) is 17.0 Å². The molecule has 2 nitrogen and oxygen atoms in total. The Bertz CT molecular complexity index is 191. The first-order valence-corrected chi connectivity index (χ1v) is 3.25. The van der Waals surface area contributed by atoms with Gasteiger partial charge in [0.1, 0.15) is 5.78 Å². The molecule has 0 saturated heterocycles. The molecular formula is C8H10O2. The molecule has 2 unspecified atom stereocenters. The van der Waals surface area contributed by atoms with E-state index in [9.17, 15) is 9.90 Å². The Kier molecular flexibility index (Phi) is 2.02. The van der Waals surface area contributed by atoms with E-state index in [0.29, 0.717) is 0 Å². The molecule has 0 amide bonds. The lowest BCUT2D eigenvalue weighted by atomic mass is 9.94. The summed E-state index contributed by atoms with van der Waals surface area (Å²) in [6, 6.07) is 0.